The Hall–Kier alpha value is -4.64. The van der Waals surface area contributed by atoms with Gasteiger partial charge < -0.3 is 9.13 Å². The van der Waals surface area contributed by atoms with E-state index in [2.05, 4.69) is 35.1 Å². The van der Waals surface area contributed by atoms with E-state index in [1.165, 1.54) is 4.90 Å². The molecule has 0 saturated carbocycles. The second kappa shape index (κ2) is 12.7. The van der Waals surface area contributed by atoms with Crippen LogP contribution in [0, 0.1) is 0 Å². The van der Waals surface area contributed by atoms with Crippen molar-refractivity contribution >= 4 is 50.1 Å². The van der Waals surface area contributed by atoms with Crippen LogP contribution in [0.2, 0.25) is 0 Å². The minimum absolute atomic E-state index is 0.311. The minimum atomic E-state index is -0.311. The lowest BCUT2D eigenvalue weighted by atomic mass is 10.0. The number of aryl methyl sites for hydroxylation is 2. The van der Waals surface area contributed by atoms with Gasteiger partial charge in [-0.1, -0.05) is 112 Å². The molecular weight excluding hydrogens is 530 g/mol. The number of nitrogens with zero attached hydrogens (tertiary/aromatic N) is 3. The van der Waals surface area contributed by atoms with Gasteiger partial charge in [0.05, 0.1) is 16.8 Å². The average molecular weight is 570 g/mol. The van der Waals surface area contributed by atoms with Crippen molar-refractivity contribution in [3.05, 3.63) is 115 Å². The Morgan fingerprint density at radius 1 is 0.558 bits per heavy atom. The maximum Gasteiger partial charge on any atom is 0.267 e. The molecule has 6 aromatic rings. The molecular formula is C38H39N3O2. The summed E-state index contributed by atoms with van der Waals surface area (Å²) in [6.45, 7) is 6.04. The SMILES string of the molecule is CCCCCn1cc(C(=O)N(C(=O)c2cn(CCCCC)c3ccccc23)c2cccc3ccccc23)c2ccccc21. The molecule has 6 rings (SSSR count). The Morgan fingerprint density at radius 3 is 1.56 bits per heavy atom. The smallest absolute Gasteiger partial charge is 0.267 e. The van der Waals surface area contributed by atoms with Gasteiger partial charge in [-0.2, -0.15) is 0 Å². The van der Waals surface area contributed by atoms with E-state index < -0.39 is 0 Å². The van der Waals surface area contributed by atoms with E-state index in [1.807, 2.05) is 91.3 Å². The molecule has 2 heterocycles. The third kappa shape index (κ3) is 5.48. The molecule has 0 saturated heterocycles. The van der Waals surface area contributed by atoms with Crippen molar-refractivity contribution in [2.45, 2.75) is 65.5 Å². The van der Waals surface area contributed by atoms with E-state index in [4.69, 9.17) is 0 Å². The molecule has 0 atom stereocenters. The number of carbonyl (C=O) groups excluding carboxylic acids is 2. The predicted molar refractivity (Wildman–Crippen MR) is 178 cm³/mol. The molecule has 0 spiro atoms. The molecule has 0 aliphatic heterocycles. The minimum Gasteiger partial charge on any atom is -0.347 e. The lowest BCUT2D eigenvalue weighted by Gasteiger charge is -2.22. The van der Waals surface area contributed by atoms with Crippen LogP contribution in [0.3, 0.4) is 0 Å². The number of para-hydroxylation sites is 2. The molecule has 218 valence electrons. The number of benzene rings is 4. The quantitative estimate of drug-likeness (QED) is 0.115. The first-order chi connectivity index (χ1) is 21.1. The van der Waals surface area contributed by atoms with Crippen LogP contribution < -0.4 is 4.90 Å². The molecule has 0 fully saturated rings. The van der Waals surface area contributed by atoms with E-state index >= 15 is 0 Å². The van der Waals surface area contributed by atoms with Crippen molar-refractivity contribution < 1.29 is 9.59 Å². The van der Waals surface area contributed by atoms with Crippen molar-refractivity contribution in [1.29, 1.82) is 0 Å². The summed E-state index contributed by atoms with van der Waals surface area (Å²) in [5.41, 5.74) is 3.71. The second-order valence-corrected chi connectivity index (χ2v) is 11.4. The van der Waals surface area contributed by atoms with Crippen molar-refractivity contribution in [2.24, 2.45) is 0 Å². The summed E-state index contributed by atoms with van der Waals surface area (Å²) < 4.78 is 4.34. The Kier molecular flexibility index (Phi) is 8.41. The number of rotatable bonds is 11. The fraction of sp³-hybridized carbons (Fsp3) is 0.263. The van der Waals surface area contributed by atoms with E-state index in [9.17, 15) is 9.59 Å². The lowest BCUT2D eigenvalue weighted by molar-refractivity contribution is 0.0899. The maximum atomic E-state index is 14.8. The summed E-state index contributed by atoms with van der Waals surface area (Å²) in [6.07, 6.45) is 10.5. The van der Waals surface area contributed by atoms with E-state index in [0.29, 0.717) is 16.8 Å². The Bertz CT molecular complexity index is 1810. The van der Waals surface area contributed by atoms with Gasteiger partial charge >= 0.3 is 0 Å². The Morgan fingerprint density at radius 2 is 1.02 bits per heavy atom. The van der Waals surface area contributed by atoms with Crippen LogP contribution in [0.15, 0.2) is 103 Å². The number of carbonyl (C=O) groups is 2. The average Bonchev–Trinajstić information content (AvgIpc) is 3.60. The van der Waals surface area contributed by atoms with Gasteiger partial charge in [0.2, 0.25) is 0 Å². The van der Waals surface area contributed by atoms with Crippen molar-refractivity contribution in [3.63, 3.8) is 0 Å². The van der Waals surface area contributed by atoms with Crippen LogP contribution in [0.1, 0.15) is 73.1 Å². The molecule has 0 unspecified atom stereocenters. The molecule has 4 aromatic carbocycles. The van der Waals surface area contributed by atoms with Crippen LogP contribution in [0.5, 0.6) is 0 Å². The number of imide groups is 1. The maximum absolute atomic E-state index is 14.8. The van der Waals surface area contributed by atoms with E-state index in [0.717, 1.165) is 84.2 Å². The zero-order valence-corrected chi connectivity index (χ0v) is 25.1. The highest BCUT2D eigenvalue weighted by Crippen LogP contribution is 2.33. The molecule has 2 amide bonds. The molecule has 0 bridgehead atoms. The summed E-state index contributed by atoms with van der Waals surface area (Å²) >= 11 is 0. The number of unbranched alkanes of at least 4 members (excludes halogenated alkanes) is 4. The van der Waals surface area contributed by atoms with Crippen molar-refractivity contribution in [3.8, 4) is 0 Å². The lowest BCUT2D eigenvalue weighted by Crippen LogP contribution is -2.37. The second-order valence-electron chi connectivity index (χ2n) is 11.4. The highest BCUT2D eigenvalue weighted by molar-refractivity contribution is 6.32. The Labute approximate surface area is 253 Å². The van der Waals surface area contributed by atoms with Crippen molar-refractivity contribution in [2.75, 3.05) is 4.90 Å². The highest BCUT2D eigenvalue weighted by atomic mass is 16.2. The van der Waals surface area contributed by atoms with Gasteiger partial charge in [-0.15, -0.1) is 0 Å². The van der Waals surface area contributed by atoms with Gasteiger partial charge in [-0.05, 0) is 36.4 Å². The molecule has 5 nitrogen and oxygen atoms in total. The summed E-state index contributed by atoms with van der Waals surface area (Å²) in [7, 11) is 0. The summed E-state index contributed by atoms with van der Waals surface area (Å²) in [4.78, 5) is 31.0. The van der Waals surface area contributed by atoms with Gasteiger partial charge in [0.1, 0.15) is 0 Å². The molecule has 2 aromatic heterocycles. The van der Waals surface area contributed by atoms with Gasteiger partial charge in [0.25, 0.3) is 11.8 Å². The zero-order valence-electron chi connectivity index (χ0n) is 25.1. The first-order valence-electron chi connectivity index (χ1n) is 15.6. The number of hydrogen-bond donors (Lipinski definition) is 0. The number of aromatic nitrogens is 2. The highest BCUT2D eigenvalue weighted by Gasteiger charge is 2.31. The van der Waals surface area contributed by atoms with Crippen LogP contribution in [-0.4, -0.2) is 20.9 Å². The van der Waals surface area contributed by atoms with E-state index in [1.54, 1.807) is 0 Å². The number of hydrogen-bond acceptors (Lipinski definition) is 2. The standard InChI is InChI=1S/C38H39N3O2/c1-3-5-13-24-39-26-32(30-19-9-11-21-34(30)39)37(42)41(36-23-15-17-28-16-7-8-18-29(28)36)38(43)33-27-40(25-14-6-4-2)35-22-12-10-20-31(33)35/h7-12,15-23,26-27H,3-6,13-14,24-25H2,1-2H3. The summed E-state index contributed by atoms with van der Waals surface area (Å²) in [5.74, 6) is -0.621. The van der Waals surface area contributed by atoms with Gasteiger partial charge in [0.15, 0.2) is 0 Å². The largest absolute Gasteiger partial charge is 0.347 e. The number of fused-ring (bicyclic) bond motifs is 3. The fourth-order valence-corrected chi connectivity index (χ4v) is 6.22. The topological polar surface area (TPSA) is 47.2 Å². The first-order valence-corrected chi connectivity index (χ1v) is 15.6. The van der Waals surface area contributed by atoms with Crippen LogP contribution >= 0.6 is 0 Å². The first kappa shape index (κ1) is 28.5. The number of anilines is 1. The molecule has 43 heavy (non-hydrogen) atoms. The molecule has 0 N–H and O–H groups in total. The summed E-state index contributed by atoms with van der Waals surface area (Å²) in [6, 6.07) is 29.8. The zero-order chi connectivity index (χ0) is 29.8. The van der Waals surface area contributed by atoms with Gasteiger partial charge in [-0.3, -0.25) is 9.59 Å². The number of amides is 2. The van der Waals surface area contributed by atoms with E-state index in [-0.39, 0.29) is 11.8 Å². The molecule has 0 radical (unpaired) electrons. The van der Waals surface area contributed by atoms with Crippen molar-refractivity contribution in [1.82, 2.24) is 9.13 Å². The fourth-order valence-electron chi connectivity index (χ4n) is 6.22. The predicted octanol–water partition coefficient (Wildman–Crippen LogP) is 9.62. The van der Waals surface area contributed by atoms with Gasteiger partial charge in [0, 0.05) is 52.7 Å². The monoisotopic (exact) mass is 569 g/mol. The van der Waals surface area contributed by atoms with Crippen LogP contribution in [0.4, 0.5) is 5.69 Å². The summed E-state index contributed by atoms with van der Waals surface area (Å²) in [5, 5.41) is 3.58. The third-order valence-corrected chi connectivity index (χ3v) is 8.46. The molecule has 0 aliphatic rings. The van der Waals surface area contributed by atoms with Crippen LogP contribution in [-0.2, 0) is 13.1 Å². The normalized spacial score (nSPS) is 11.5. The third-order valence-electron chi connectivity index (χ3n) is 8.46. The Balaban J connectivity index is 1.52. The molecule has 0 aliphatic carbocycles. The van der Waals surface area contributed by atoms with Crippen LogP contribution in [0.25, 0.3) is 32.6 Å². The van der Waals surface area contributed by atoms with Gasteiger partial charge in [-0.25, -0.2) is 4.90 Å². The molecule has 5 heteroatoms.